The second-order valence-corrected chi connectivity index (χ2v) is 8.91. The molecule has 0 aliphatic heterocycles. The molecule has 2 aromatic heterocycles. The number of alkyl halides is 6. The van der Waals surface area contributed by atoms with Crippen LogP contribution in [0.4, 0.5) is 26.3 Å². The van der Waals surface area contributed by atoms with Gasteiger partial charge in [-0.25, -0.2) is 0 Å². The number of benzene rings is 2. The molecule has 182 valence electrons. The Balaban J connectivity index is 1.81. The molecule has 9 heteroatoms. The van der Waals surface area contributed by atoms with E-state index in [2.05, 4.69) is 4.98 Å². The summed E-state index contributed by atoms with van der Waals surface area (Å²) in [5.74, 6) is 0. The van der Waals surface area contributed by atoms with Crippen LogP contribution in [0.5, 0.6) is 0 Å². The number of hydrogen-bond donors (Lipinski definition) is 1. The van der Waals surface area contributed by atoms with Crippen LogP contribution in [-0.2, 0) is 25.2 Å². The van der Waals surface area contributed by atoms with Crippen molar-refractivity contribution >= 4 is 11.3 Å². The standard InChI is InChI=1S/C26H19F6NOS/c27-25(28,29)20-9-3-1-6-16(20)12-19-15-35-22(23(19)24(34)18-8-5-11-33-14-18)13-17-7-2-4-10-21(17)26(30,31)32/h1-11,14-15,24,34H,12-13H2. The monoisotopic (exact) mass is 507 g/mol. The van der Waals surface area contributed by atoms with E-state index in [0.717, 1.165) is 23.5 Å². The molecule has 0 fully saturated rings. The second kappa shape index (κ2) is 9.83. The Hall–Kier alpha value is -3.17. The van der Waals surface area contributed by atoms with Crippen molar-refractivity contribution in [2.24, 2.45) is 0 Å². The smallest absolute Gasteiger partial charge is 0.384 e. The summed E-state index contributed by atoms with van der Waals surface area (Å²) in [5, 5.41) is 12.8. The third kappa shape index (κ3) is 5.57. The second-order valence-electron chi connectivity index (χ2n) is 7.95. The summed E-state index contributed by atoms with van der Waals surface area (Å²) in [6, 6.07) is 13.5. The maximum Gasteiger partial charge on any atom is 0.416 e. The quantitative estimate of drug-likeness (QED) is 0.275. The molecule has 0 spiro atoms. The van der Waals surface area contributed by atoms with E-state index in [-0.39, 0.29) is 24.0 Å². The van der Waals surface area contributed by atoms with Gasteiger partial charge in [-0.3, -0.25) is 4.98 Å². The summed E-state index contributed by atoms with van der Waals surface area (Å²) in [6.07, 6.45) is -7.74. The lowest BCUT2D eigenvalue weighted by molar-refractivity contribution is -0.139. The minimum absolute atomic E-state index is 0.0136. The third-order valence-corrected chi connectivity index (χ3v) is 6.69. The van der Waals surface area contributed by atoms with Crippen molar-refractivity contribution in [2.45, 2.75) is 31.3 Å². The predicted molar refractivity (Wildman–Crippen MR) is 121 cm³/mol. The molecule has 1 N–H and O–H groups in total. The van der Waals surface area contributed by atoms with Crippen LogP contribution in [-0.4, -0.2) is 10.1 Å². The summed E-state index contributed by atoms with van der Waals surface area (Å²) >= 11 is 1.12. The molecule has 2 aromatic carbocycles. The first kappa shape index (κ1) is 24.9. The van der Waals surface area contributed by atoms with Crippen molar-refractivity contribution in [3.8, 4) is 0 Å². The molecule has 4 aromatic rings. The van der Waals surface area contributed by atoms with Gasteiger partial charge in [0, 0.05) is 34.8 Å². The van der Waals surface area contributed by atoms with Gasteiger partial charge in [0.05, 0.1) is 11.1 Å². The number of aliphatic hydroxyl groups excluding tert-OH is 1. The van der Waals surface area contributed by atoms with Crippen LogP contribution < -0.4 is 0 Å². The van der Waals surface area contributed by atoms with E-state index in [1.54, 1.807) is 17.5 Å². The molecule has 0 amide bonds. The molecule has 1 unspecified atom stereocenters. The van der Waals surface area contributed by atoms with Crippen LogP contribution in [0.2, 0.25) is 0 Å². The van der Waals surface area contributed by atoms with Gasteiger partial charge in [0.2, 0.25) is 0 Å². The van der Waals surface area contributed by atoms with E-state index < -0.39 is 29.6 Å². The van der Waals surface area contributed by atoms with E-state index in [1.807, 2.05) is 0 Å². The number of nitrogens with zero attached hydrogens (tertiary/aromatic N) is 1. The predicted octanol–water partition coefficient (Wildman–Crippen LogP) is 7.44. The van der Waals surface area contributed by atoms with Crippen molar-refractivity contribution < 1.29 is 31.4 Å². The molecule has 2 heterocycles. The fourth-order valence-corrected chi connectivity index (χ4v) is 5.14. The molecular formula is C26H19F6NOS. The molecule has 0 aliphatic rings. The van der Waals surface area contributed by atoms with Gasteiger partial charge in [0.1, 0.15) is 6.10 Å². The molecule has 0 bridgehead atoms. The normalized spacial score (nSPS) is 13.1. The van der Waals surface area contributed by atoms with Crippen molar-refractivity contribution in [1.82, 2.24) is 4.98 Å². The molecule has 4 rings (SSSR count). The van der Waals surface area contributed by atoms with Gasteiger partial charge in [-0.2, -0.15) is 26.3 Å². The third-order valence-electron chi connectivity index (χ3n) is 5.64. The summed E-state index contributed by atoms with van der Waals surface area (Å²) < 4.78 is 81.4. The zero-order valence-corrected chi connectivity index (χ0v) is 18.9. The molecular weight excluding hydrogens is 488 g/mol. The molecule has 35 heavy (non-hydrogen) atoms. The van der Waals surface area contributed by atoms with Crippen molar-refractivity contribution in [1.29, 1.82) is 0 Å². The van der Waals surface area contributed by atoms with Crippen LogP contribution in [0.25, 0.3) is 0 Å². The highest BCUT2D eigenvalue weighted by atomic mass is 32.1. The SMILES string of the molecule is OC(c1cccnc1)c1c(Cc2ccccc2C(F)(F)F)csc1Cc1ccccc1C(F)(F)F. The van der Waals surface area contributed by atoms with Gasteiger partial charge in [0.15, 0.2) is 0 Å². The summed E-state index contributed by atoms with van der Waals surface area (Å²) in [4.78, 5) is 4.42. The average Bonchev–Trinajstić information content (AvgIpc) is 3.20. The molecule has 0 saturated carbocycles. The Bertz CT molecular complexity index is 1220. The topological polar surface area (TPSA) is 33.1 Å². The molecule has 1 atom stereocenters. The highest BCUT2D eigenvalue weighted by Crippen LogP contribution is 2.39. The van der Waals surface area contributed by atoms with Gasteiger partial charge in [-0.1, -0.05) is 42.5 Å². The lowest BCUT2D eigenvalue weighted by Gasteiger charge is -2.18. The van der Waals surface area contributed by atoms with Crippen LogP contribution in [0, 0.1) is 0 Å². The van der Waals surface area contributed by atoms with Gasteiger partial charge in [-0.15, -0.1) is 11.3 Å². The number of pyridine rings is 1. The minimum atomic E-state index is -4.57. The summed E-state index contributed by atoms with van der Waals surface area (Å²) in [6.45, 7) is 0. The molecule has 0 saturated heterocycles. The number of halogens is 6. The Labute approximate surface area is 201 Å². The van der Waals surface area contributed by atoms with Crippen LogP contribution in [0.15, 0.2) is 78.4 Å². The maximum atomic E-state index is 13.6. The van der Waals surface area contributed by atoms with Crippen molar-refractivity contribution in [2.75, 3.05) is 0 Å². The zero-order valence-electron chi connectivity index (χ0n) is 18.1. The zero-order chi connectivity index (χ0) is 25.2. The number of aliphatic hydroxyl groups is 1. The molecule has 0 aliphatic carbocycles. The van der Waals surface area contributed by atoms with E-state index in [1.165, 1.54) is 48.8 Å². The maximum absolute atomic E-state index is 13.6. The summed E-state index contributed by atoms with van der Waals surface area (Å²) in [7, 11) is 0. The lowest BCUT2D eigenvalue weighted by atomic mass is 9.91. The van der Waals surface area contributed by atoms with Crippen LogP contribution in [0.1, 0.15) is 49.9 Å². The van der Waals surface area contributed by atoms with E-state index in [4.69, 9.17) is 0 Å². The van der Waals surface area contributed by atoms with Crippen molar-refractivity contribution in [3.63, 3.8) is 0 Å². The van der Waals surface area contributed by atoms with Gasteiger partial charge in [-0.05, 0) is 46.7 Å². The molecule has 0 radical (unpaired) electrons. The Morgan fingerprint density at radius 1 is 0.743 bits per heavy atom. The highest BCUT2D eigenvalue weighted by molar-refractivity contribution is 7.10. The van der Waals surface area contributed by atoms with Gasteiger partial charge < -0.3 is 5.11 Å². The van der Waals surface area contributed by atoms with E-state index >= 15 is 0 Å². The number of thiophene rings is 1. The Morgan fingerprint density at radius 2 is 1.31 bits per heavy atom. The number of aromatic nitrogens is 1. The first-order valence-corrected chi connectivity index (χ1v) is 11.4. The fraction of sp³-hybridized carbons (Fsp3) is 0.192. The van der Waals surface area contributed by atoms with Crippen molar-refractivity contribution in [3.05, 3.63) is 122 Å². The number of hydrogen-bond acceptors (Lipinski definition) is 3. The first-order chi connectivity index (χ1) is 16.6. The van der Waals surface area contributed by atoms with Crippen LogP contribution >= 0.6 is 11.3 Å². The van der Waals surface area contributed by atoms with Gasteiger partial charge in [0.25, 0.3) is 0 Å². The lowest BCUT2D eigenvalue weighted by Crippen LogP contribution is -2.12. The number of rotatable bonds is 6. The van der Waals surface area contributed by atoms with E-state index in [9.17, 15) is 31.4 Å². The average molecular weight is 507 g/mol. The van der Waals surface area contributed by atoms with Crippen LogP contribution in [0.3, 0.4) is 0 Å². The fourth-order valence-electron chi connectivity index (χ4n) is 4.03. The van der Waals surface area contributed by atoms with E-state index in [0.29, 0.717) is 21.6 Å². The summed E-state index contributed by atoms with van der Waals surface area (Å²) in [5.41, 5.74) is -0.444. The Kier molecular flexibility index (Phi) is 7.00. The largest absolute Gasteiger partial charge is 0.416 e. The Morgan fingerprint density at radius 3 is 1.86 bits per heavy atom. The highest BCUT2D eigenvalue weighted by Gasteiger charge is 2.35. The minimum Gasteiger partial charge on any atom is -0.384 e. The first-order valence-electron chi connectivity index (χ1n) is 10.5. The van der Waals surface area contributed by atoms with Gasteiger partial charge >= 0.3 is 12.4 Å². The molecule has 2 nitrogen and oxygen atoms in total.